The van der Waals surface area contributed by atoms with Gasteiger partial charge in [0.1, 0.15) is 5.52 Å². The second kappa shape index (κ2) is 6.97. The number of nitrogens with one attached hydrogen (secondary N) is 1. The summed E-state index contributed by atoms with van der Waals surface area (Å²) in [5.41, 5.74) is 8.25. The SMILES string of the molecule is Cc1ccc(C(=O)Nc2cccc(-c3nc4cc(C)c(C)cc4o3)c2)c(C)c1. The van der Waals surface area contributed by atoms with E-state index in [9.17, 15) is 4.79 Å². The van der Waals surface area contributed by atoms with Gasteiger partial charge in [0.05, 0.1) is 0 Å². The number of fused-ring (bicyclic) bond motifs is 1. The summed E-state index contributed by atoms with van der Waals surface area (Å²) in [6, 6.07) is 17.4. The molecule has 0 aliphatic carbocycles. The van der Waals surface area contributed by atoms with Crippen molar-refractivity contribution in [3.63, 3.8) is 0 Å². The summed E-state index contributed by atoms with van der Waals surface area (Å²) < 4.78 is 5.94. The zero-order valence-corrected chi connectivity index (χ0v) is 16.5. The van der Waals surface area contributed by atoms with Crippen LogP contribution >= 0.6 is 0 Å². The molecule has 4 aromatic rings. The van der Waals surface area contributed by atoms with Crippen molar-refractivity contribution in [1.82, 2.24) is 4.98 Å². The van der Waals surface area contributed by atoms with Gasteiger partial charge in [-0.15, -0.1) is 0 Å². The maximum Gasteiger partial charge on any atom is 0.255 e. The Morgan fingerprint density at radius 1 is 0.893 bits per heavy atom. The van der Waals surface area contributed by atoms with Crippen molar-refractivity contribution in [2.75, 3.05) is 5.32 Å². The minimum atomic E-state index is -0.126. The normalized spacial score (nSPS) is 11.0. The Labute approximate surface area is 164 Å². The fourth-order valence-electron chi connectivity index (χ4n) is 3.30. The highest BCUT2D eigenvalue weighted by atomic mass is 16.3. The number of nitrogens with zero attached hydrogens (tertiary/aromatic N) is 1. The summed E-state index contributed by atoms with van der Waals surface area (Å²) in [6.45, 7) is 8.08. The fraction of sp³-hybridized carbons (Fsp3) is 0.167. The summed E-state index contributed by atoms with van der Waals surface area (Å²) >= 11 is 0. The number of carbonyl (C=O) groups excluding carboxylic acids is 1. The van der Waals surface area contributed by atoms with Crippen LogP contribution in [0.2, 0.25) is 0 Å². The van der Waals surface area contributed by atoms with E-state index in [2.05, 4.69) is 24.1 Å². The highest BCUT2D eigenvalue weighted by Gasteiger charge is 2.13. The fourth-order valence-corrected chi connectivity index (χ4v) is 3.30. The number of carbonyl (C=O) groups is 1. The van der Waals surface area contributed by atoms with E-state index in [1.54, 1.807) is 0 Å². The third-order valence-electron chi connectivity index (χ3n) is 5.00. The molecule has 0 saturated heterocycles. The smallest absolute Gasteiger partial charge is 0.255 e. The minimum Gasteiger partial charge on any atom is -0.436 e. The molecular formula is C24H22N2O2. The van der Waals surface area contributed by atoms with Gasteiger partial charge in [-0.05, 0) is 80.8 Å². The van der Waals surface area contributed by atoms with Crippen molar-refractivity contribution in [2.24, 2.45) is 0 Å². The van der Waals surface area contributed by atoms with Crippen molar-refractivity contribution < 1.29 is 9.21 Å². The van der Waals surface area contributed by atoms with Crippen LogP contribution in [0.5, 0.6) is 0 Å². The van der Waals surface area contributed by atoms with Crippen LogP contribution in [-0.2, 0) is 0 Å². The Balaban J connectivity index is 1.63. The van der Waals surface area contributed by atoms with Gasteiger partial charge in [0.2, 0.25) is 5.89 Å². The van der Waals surface area contributed by atoms with Crippen LogP contribution in [0.1, 0.15) is 32.6 Å². The molecule has 3 aromatic carbocycles. The van der Waals surface area contributed by atoms with Gasteiger partial charge < -0.3 is 9.73 Å². The van der Waals surface area contributed by atoms with E-state index in [0.717, 1.165) is 27.8 Å². The lowest BCUT2D eigenvalue weighted by atomic mass is 10.1. The van der Waals surface area contributed by atoms with Crippen LogP contribution < -0.4 is 5.32 Å². The first-order valence-corrected chi connectivity index (χ1v) is 9.27. The molecule has 0 atom stereocenters. The molecule has 4 rings (SSSR count). The summed E-state index contributed by atoms with van der Waals surface area (Å²) in [5, 5.41) is 2.97. The van der Waals surface area contributed by atoms with Crippen molar-refractivity contribution >= 4 is 22.7 Å². The third-order valence-corrected chi connectivity index (χ3v) is 5.00. The molecule has 0 unspecified atom stereocenters. The predicted octanol–water partition coefficient (Wildman–Crippen LogP) is 5.98. The monoisotopic (exact) mass is 370 g/mol. The molecule has 0 bridgehead atoms. The molecule has 1 heterocycles. The first kappa shape index (κ1) is 18.0. The average Bonchev–Trinajstić information content (AvgIpc) is 3.05. The van der Waals surface area contributed by atoms with Crippen molar-refractivity contribution in [3.05, 3.63) is 82.4 Å². The van der Waals surface area contributed by atoms with Crippen molar-refractivity contribution in [1.29, 1.82) is 0 Å². The molecule has 28 heavy (non-hydrogen) atoms. The number of anilines is 1. The molecule has 0 aliphatic rings. The van der Waals surface area contributed by atoms with Crippen molar-refractivity contribution in [2.45, 2.75) is 27.7 Å². The largest absolute Gasteiger partial charge is 0.436 e. The molecular weight excluding hydrogens is 348 g/mol. The summed E-state index contributed by atoms with van der Waals surface area (Å²) in [6.07, 6.45) is 0. The second-order valence-electron chi connectivity index (χ2n) is 7.28. The molecule has 1 N–H and O–H groups in total. The molecule has 0 radical (unpaired) electrons. The predicted molar refractivity (Wildman–Crippen MR) is 113 cm³/mol. The first-order chi connectivity index (χ1) is 13.4. The Hall–Kier alpha value is -3.40. The lowest BCUT2D eigenvalue weighted by molar-refractivity contribution is 0.102. The first-order valence-electron chi connectivity index (χ1n) is 9.27. The van der Waals surface area contributed by atoms with Gasteiger partial charge in [-0.2, -0.15) is 0 Å². The molecule has 0 saturated carbocycles. The molecule has 0 spiro atoms. The molecule has 140 valence electrons. The molecule has 4 nitrogen and oxygen atoms in total. The zero-order chi connectivity index (χ0) is 19.8. The molecule has 0 fully saturated rings. The highest BCUT2D eigenvalue weighted by molar-refractivity contribution is 6.05. The van der Waals surface area contributed by atoms with E-state index in [1.807, 2.05) is 68.4 Å². The summed E-state index contributed by atoms with van der Waals surface area (Å²) in [7, 11) is 0. The van der Waals surface area contributed by atoms with E-state index in [0.29, 0.717) is 17.1 Å². The topological polar surface area (TPSA) is 55.1 Å². The zero-order valence-electron chi connectivity index (χ0n) is 16.5. The van der Waals surface area contributed by atoms with Gasteiger partial charge >= 0.3 is 0 Å². The van der Waals surface area contributed by atoms with Crippen LogP contribution in [0.15, 0.2) is 59.0 Å². The second-order valence-corrected chi connectivity index (χ2v) is 7.28. The van der Waals surface area contributed by atoms with Crippen LogP contribution in [0.25, 0.3) is 22.6 Å². The van der Waals surface area contributed by atoms with E-state index in [-0.39, 0.29) is 5.91 Å². The van der Waals surface area contributed by atoms with E-state index in [1.165, 1.54) is 11.1 Å². The van der Waals surface area contributed by atoms with Gasteiger partial charge in [-0.1, -0.05) is 23.8 Å². The van der Waals surface area contributed by atoms with Crippen LogP contribution in [-0.4, -0.2) is 10.9 Å². The maximum absolute atomic E-state index is 12.7. The lowest BCUT2D eigenvalue weighted by Gasteiger charge is -2.09. The van der Waals surface area contributed by atoms with E-state index < -0.39 is 0 Å². The third kappa shape index (κ3) is 3.41. The summed E-state index contributed by atoms with van der Waals surface area (Å²) in [5.74, 6) is 0.418. The van der Waals surface area contributed by atoms with Crippen molar-refractivity contribution in [3.8, 4) is 11.5 Å². The molecule has 1 amide bonds. The Kier molecular flexibility index (Phi) is 4.47. The van der Waals surface area contributed by atoms with Gasteiger partial charge in [0.25, 0.3) is 5.91 Å². The minimum absolute atomic E-state index is 0.126. The van der Waals surface area contributed by atoms with Gasteiger partial charge in [-0.3, -0.25) is 4.79 Å². The number of hydrogen-bond acceptors (Lipinski definition) is 3. The Morgan fingerprint density at radius 2 is 1.68 bits per heavy atom. The molecule has 1 aromatic heterocycles. The molecule has 0 aliphatic heterocycles. The highest BCUT2D eigenvalue weighted by Crippen LogP contribution is 2.28. The van der Waals surface area contributed by atoms with Gasteiger partial charge in [-0.25, -0.2) is 4.98 Å². The number of hydrogen-bond donors (Lipinski definition) is 1. The number of rotatable bonds is 3. The maximum atomic E-state index is 12.7. The van der Waals surface area contributed by atoms with Crippen LogP contribution in [0.4, 0.5) is 5.69 Å². The van der Waals surface area contributed by atoms with E-state index >= 15 is 0 Å². The quantitative estimate of drug-likeness (QED) is 0.482. The van der Waals surface area contributed by atoms with Crippen LogP contribution in [0.3, 0.4) is 0 Å². The van der Waals surface area contributed by atoms with Crippen LogP contribution in [0, 0.1) is 27.7 Å². The average molecular weight is 370 g/mol. The van der Waals surface area contributed by atoms with E-state index in [4.69, 9.17) is 4.42 Å². The number of oxazole rings is 1. The number of amides is 1. The number of aromatic nitrogens is 1. The number of aryl methyl sites for hydroxylation is 4. The standard InChI is InChI=1S/C24H22N2O2/c1-14-8-9-20(17(4)10-14)23(27)25-19-7-5-6-18(13-19)24-26-21-11-15(2)16(3)12-22(21)28-24/h5-13H,1-4H3,(H,25,27). The van der Waals surface area contributed by atoms with Gasteiger partial charge in [0.15, 0.2) is 5.58 Å². The Bertz CT molecular complexity index is 1170. The van der Waals surface area contributed by atoms with Gasteiger partial charge in [0, 0.05) is 16.8 Å². The Morgan fingerprint density at radius 3 is 2.46 bits per heavy atom. The lowest BCUT2D eigenvalue weighted by Crippen LogP contribution is -2.13. The molecule has 4 heteroatoms. The number of benzene rings is 3. The summed E-state index contributed by atoms with van der Waals surface area (Å²) in [4.78, 5) is 17.3.